The van der Waals surface area contributed by atoms with E-state index in [-0.39, 0.29) is 12.3 Å². The molecule has 0 fully saturated rings. The van der Waals surface area contributed by atoms with Gasteiger partial charge in [-0.3, -0.25) is 4.79 Å². The van der Waals surface area contributed by atoms with Gasteiger partial charge in [0.1, 0.15) is 5.76 Å². The lowest BCUT2D eigenvalue weighted by Gasteiger charge is -2.20. The maximum Gasteiger partial charge on any atom is 0.233 e. The number of oxazole rings is 1. The minimum atomic E-state index is 0.0136. The van der Waals surface area contributed by atoms with Crippen LogP contribution < -0.4 is 4.90 Å². The van der Waals surface area contributed by atoms with Gasteiger partial charge in [0, 0.05) is 17.8 Å². The molecule has 0 unspecified atom stereocenters. The average Bonchev–Trinajstić information content (AvgIpc) is 2.98. The molecular weight excluding hydrogens is 300 g/mol. The highest BCUT2D eigenvalue weighted by atomic mass is 16.4. The molecule has 2 aromatic carbocycles. The highest BCUT2D eigenvalue weighted by Gasteiger charge is 2.19. The van der Waals surface area contributed by atoms with Gasteiger partial charge in [-0.15, -0.1) is 0 Å². The zero-order valence-corrected chi connectivity index (χ0v) is 13.9. The van der Waals surface area contributed by atoms with Crippen molar-refractivity contribution < 1.29 is 9.21 Å². The van der Waals surface area contributed by atoms with Crippen molar-refractivity contribution in [3.63, 3.8) is 0 Å². The minimum Gasteiger partial charge on any atom is -0.441 e. The Labute approximate surface area is 141 Å². The molecule has 0 aliphatic heterocycles. The molecule has 1 heterocycles. The van der Waals surface area contributed by atoms with Crippen LogP contribution in [0.15, 0.2) is 65.1 Å². The Morgan fingerprint density at radius 3 is 2.29 bits per heavy atom. The van der Waals surface area contributed by atoms with E-state index in [0.29, 0.717) is 23.9 Å². The van der Waals surface area contributed by atoms with Crippen LogP contribution in [0.3, 0.4) is 0 Å². The fraction of sp³-hybridized carbons (Fsp3) is 0.200. The summed E-state index contributed by atoms with van der Waals surface area (Å²) < 4.78 is 5.74. The van der Waals surface area contributed by atoms with Crippen molar-refractivity contribution in [3.05, 3.63) is 72.1 Å². The lowest BCUT2D eigenvalue weighted by molar-refractivity contribution is -0.118. The Morgan fingerprint density at radius 2 is 1.67 bits per heavy atom. The van der Waals surface area contributed by atoms with E-state index in [4.69, 9.17) is 4.42 Å². The van der Waals surface area contributed by atoms with Crippen molar-refractivity contribution in [3.8, 4) is 11.5 Å². The van der Waals surface area contributed by atoms with Crippen molar-refractivity contribution in [1.82, 2.24) is 4.98 Å². The summed E-state index contributed by atoms with van der Waals surface area (Å²) >= 11 is 0. The van der Waals surface area contributed by atoms with E-state index in [1.807, 2.05) is 74.5 Å². The Bertz CT molecular complexity index is 810. The van der Waals surface area contributed by atoms with Gasteiger partial charge in [0.15, 0.2) is 0 Å². The van der Waals surface area contributed by atoms with Crippen LogP contribution in [0.2, 0.25) is 0 Å². The third-order valence-corrected chi connectivity index (χ3v) is 3.92. The van der Waals surface area contributed by atoms with Crippen molar-refractivity contribution in [2.24, 2.45) is 0 Å². The molecule has 0 saturated carbocycles. The van der Waals surface area contributed by atoms with Crippen LogP contribution in [0, 0.1) is 6.92 Å². The van der Waals surface area contributed by atoms with E-state index >= 15 is 0 Å². The van der Waals surface area contributed by atoms with Gasteiger partial charge in [-0.05, 0) is 38.1 Å². The number of para-hydroxylation sites is 1. The predicted molar refractivity (Wildman–Crippen MR) is 94.8 cm³/mol. The van der Waals surface area contributed by atoms with Crippen LogP contribution in [0.5, 0.6) is 0 Å². The number of benzene rings is 2. The highest BCUT2D eigenvalue weighted by Crippen LogP contribution is 2.22. The number of likely N-dealkylation sites (N-methyl/N-ethyl adjacent to an activating group) is 1. The summed E-state index contributed by atoms with van der Waals surface area (Å²) in [5.41, 5.74) is 2.50. The number of hydrogen-bond acceptors (Lipinski definition) is 3. The largest absolute Gasteiger partial charge is 0.441 e. The molecule has 0 atom stereocenters. The van der Waals surface area contributed by atoms with Gasteiger partial charge < -0.3 is 9.32 Å². The average molecular weight is 320 g/mol. The first-order valence-electron chi connectivity index (χ1n) is 8.06. The third-order valence-electron chi connectivity index (χ3n) is 3.92. The van der Waals surface area contributed by atoms with Crippen molar-refractivity contribution in [1.29, 1.82) is 0 Å². The molecule has 1 aromatic heterocycles. The summed E-state index contributed by atoms with van der Waals surface area (Å²) in [7, 11) is 0. The van der Waals surface area contributed by atoms with Gasteiger partial charge in [-0.25, -0.2) is 4.98 Å². The monoisotopic (exact) mass is 320 g/mol. The van der Waals surface area contributed by atoms with Crippen LogP contribution in [-0.4, -0.2) is 17.4 Å². The maximum atomic E-state index is 12.7. The molecule has 1 amide bonds. The SMILES string of the molecule is CCN(C(=O)Cc1nc(-c2ccccc2)oc1C)c1ccccc1. The number of nitrogens with zero attached hydrogens (tertiary/aromatic N) is 2. The molecule has 0 spiro atoms. The zero-order chi connectivity index (χ0) is 16.9. The topological polar surface area (TPSA) is 46.3 Å². The first-order chi connectivity index (χ1) is 11.7. The van der Waals surface area contributed by atoms with E-state index in [1.54, 1.807) is 4.90 Å². The lowest BCUT2D eigenvalue weighted by atomic mass is 10.2. The molecule has 0 radical (unpaired) electrons. The Morgan fingerprint density at radius 1 is 1.04 bits per heavy atom. The molecule has 0 N–H and O–H groups in total. The summed E-state index contributed by atoms with van der Waals surface area (Å²) in [5, 5.41) is 0. The first-order valence-corrected chi connectivity index (χ1v) is 8.06. The number of carbonyl (C=O) groups excluding carboxylic acids is 1. The molecule has 4 nitrogen and oxygen atoms in total. The van der Waals surface area contributed by atoms with Gasteiger partial charge in [0.2, 0.25) is 11.8 Å². The van der Waals surface area contributed by atoms with Gasteiger partial charge in [0.05, 0.1) is 12.1 Å². The molecule has 0 bridgehead atoms. The first kappa shape index (κ1) is 16.0. The van der Waals surface area contributed by atoms with Crippen LogP contribution in [0.4, 0.5) is 5.69 Å². The Balaban J connectivity index is 1.81. The van der Waals surface area contributed by atoms with E-state index in [1.165, 1.54) is 0 Å². The molecule has 3 rings (SSSR count). The molecule has 3 aromatic rings. The fourth-order valence-electron chi connectivity index (χ4n) is 2.65. The number of amides is 1. The van der Waals surface area contributed by atoms with Gasteiger partial charge in [-0.2, -0.15) is 0 Å². The second-order valence-electron chi connectivity index (χ2n) is 5.54. The standard InChI is InChI=1S/C20H20N2O2/c1-3-22(17-12-8-5-9-13-17)19(23)14-18-15(2)24-20(21-18)16-10-6-4-7-11-16/h4-13H,3,14H2,1-2H3. The second-order valence-corrected chi connectivity index (χ2v) is 5.54. The van der Waals surface area contributed by atoms with Gasteiger partial charge in [0.25, 0.3) is 0 Å². The molecule has 0 aliphatic rings. The number of aryl methyl sites for hydroxylation is 1. The maximum absolute atomic E-state index is 12.7. The summed E-state index contributed by atoms with van der Waals surface area (Å²) in [4.78, 5) is 19.0. The highest BCUT2D eigenvalue weighted by molar-refractivity contribution is 5.94. The molecule has 0 aliphatic carbocycles. The molecular formula is C20H20N2O2. The number of aromatic nitrogens is 1. The predicted octanol–water partition coefficient (Wildman–Crippen LogP) is 4.25. The number of hydrogen-bond donors (Lipinski definition) is 0. The zero-order valence-electron chi connectivity index (χ0n) is 13.9. The van der Waals surface area contributed by atoms with E-state index in [2.05, 4.69) is 4.98 Å². The molecule has 24 heavy (non-hydrogen) atoms. The fourth-order valence-corrected chi connectivity index (χ4v) is 2.65. The van der Waals surface area contributed by atoms with Gasteiger partial charge in [-0.1, -0.05) is 36.4 Å². The number of carbonyl (C=O) groups is 1. The number of rotatable bonds is 5. The van der Waals surface area contributed by atoms with Crippen LogP contribution in [-0.2, 0) is 11.2 Å². The summed E-state index contributed by atoms with van der Waals surface area (Å²) in [6, 6.07) is 19.4. The summed E-state index contributed by atoms with van der Waals surface area (Å²) in [5.74, 6) is 1.25. The van der Waals surface area contributed by atoms with E-state index < -0.39 is 0 Å². The second kappa shape index (κ2) is 7.13. The third kappa shape index (κ3) is 3.38. The smallest absolute Gasteiger partial charge is 0.233 e. The minimum absolute atomic E-state index is 0.0136. The molecule has 122 valence electrons. The summed E-state index contributed by atoms with van der Waals surface area (Å²) in [6.07, 6.45) is 0.227. The quantitative estimate of drug-likeness (QED) is 0.706. The van der Waals surface area contributed by atoms with Crippen molar-refractivity contribution in [2.75, 3.05) is 11.4 Å². The Kier molecular flexibility index (Phi) is 4.75. The van der Waals surface area contributed by atoms with Crippen LogP contribution in [0.1, 0.15) is 18.4 Å². The summed E-state index contributed by atoms with van der Waals surface area (Å²) in [6.45, 7) is 4.43. The lowest BCUT2D eigenvalue weighted by Crippen LogP contribution is -2.32. The van der Waals surface area contributed by atoms with E-state index in [9.17, 15) is 4.79 Å². The molecule has 4 heteroatoms. The van der Waals surface area contributed by atoms with E-state index in [0.717, 1.165) is 11.3 Å². The van der Waals surface area contributed by atoms with Crippen LogP contribution >= 0.6 is 0 Å². The van der Waals surface area contributed by atoms with Gasteiger partial charge >= 0.3 is 0 Å². The van der Waals surface area contributed by atoms with Crippen molar-refractivity contribution in [2.45, 2.75) is 20.3 Å². The Hall–Kier alpha value is -2.88. The normalized spacial score (nSPS) is 10.6. The van der Waals surface area contributed by atoms with Crippen molar-refractivity contribution >= 4 is 11.6 Å². The van der Waals surface area contributed by atoms with Crippen LogP contribution in [0.25, 0.3) is 11.5 Å². The molecule has 0 saturated heterocycles. The number of anilines is 1.